The standard InChI is InChI=1S/C32H24OP/c1-4-16-27(17-5-1)34(28-18-6-2-7-19-28,29-20-8-3-9-21-29)33-32-30-22-12-10-14-25(30)24-26-15-11-13-23-31(26)32/h1-24H/q+1. The molecule has 0 N–H and O–H groups in total. The SMILES string of the molecule is c1ccc([P+](Oc2c3ccccc3cc3ccccc23)(c2ccccc2)c2ccccc2)cc1. The zero-order valence-corrected chi connectivity index (χ0v) is 19.6. The highest BCUT2D eigenvalue weighted by atomic mass is 31.2. The quantitative estimate of drug-likeness (QED) is 0.196. The van der Waals surface area contributed by atoms with E-state index in [1.165, 1.54) is 26.7 Å². The maximum absolute atomic E-state index is 7.50. The first-order valence-corrected chi connectivity index (χ1v) is 13.2. The molecule has 0 saturated heterocycles. The molecule has 6 rings (SSSR count). The second-order valence-electron chi connectivity index (χ2n) is 8.36. The molecule has 1 nitrogen and oxygen atoms in total. The Morgan fingerprint density at radius 1 is 0.382 bits per heavy atom. The maximum Gasteiger partial charge on any atom is 0.287 e. The van der Waals surface area contributed by atoms with Crippen LogP contribution in [0.3, 0.4) is 0 Å². The molecule has 0 bridgehead atoms. The summed E-state index contributed by atoms with van der Waals surface area (Å²) < 4.78 is 7.50. The molecule has 0 fully saturated rings. The van der Waals surface area contributed by atoms with E-state index in [1.807, 2.05) is 0 Å². The number of hydrogen-bond acceptors (Lipinski definition) is 1. The number of benzene rings is 6. The van der Waals surface area contributed by atoms with Crippen molar-refractivity contribution in [3.05, 3.63) is 146 Å². The normalized spacial score (nSPS) is 11.5. The van der Waals surface area contributed by atoms with E-state index in [0.29, 0.717) is 0 Å². The van der Waals surface area contributed by atoms with Crippen LogP contribution in [0.25, 0.3) is 21.5 Å². The monoisotopic (exact) mass is 455 g/mol. The lowest BCUT2D eigenvalue weighted by Crippen LogP contribution is -2.34. The van der Waals surface area contributed by atoms with Crippen LogP contribution in [-0.4, -0.2) is 0 Å². The molecule has 0 aliphatic heterocycles. The predicted molar refractivity (Wildman–Crippen MR) is 147 cm³/mol. The van der Waals surface area contributed by atoms with Crippen molar-refractivity contribution in [2.45, 2.75) is 0 Å². The maximum atomic E-state index is 7.50. The Morgan fingerprint density at radius 3 is 1.15 bits per heavy atom. The van der Waals surface area contributed by atoms with Crippen molar-refractivity contribution in [1.29, 1.82) is 0 Å². The molecular weight excluding hydrogens is 431 g/mol. The summed E-state index contributed by atoms with van der Waals surface area (Å²) in [5.41, 5.74) is 0. The van der Waals surface area contributed by atoms with Gasteiger partial charge < -0.3 is 4.52 Å². The van der Waals surface area contributed by atoms with Gasteiger partial charge in [0.1, 0.15) is 15.9 Å². The van der Waals surface area contributed by atoms with Crippen molar-refractivity contribution < 1.29 is 4.52 Å². The average molecular weight is 456 g/mol. The van der Waals surface area contributed by atoms with Gasteiger partial charge in [0.2, 0.25) is 0 Å². The third kappa shape index (κ3) is 3.46. The molecule has 0 aliphatic carbocycles. The lowest BCUT2D eigenvalue weighted by atomic mass is 10.0. The summed E-state index contributed by atoms with van der Waals surface area (Å²) in [5, 5.41) is 8.23. The topological polar surface area (TPSA) is 9.23 Å². The highest BCUT2D eigenvalue weighted by Gasteiger charge is 2.50. The van der Waals surface area contributed by atoms with E-state index in [-0.39, 0.29) is 0 Å². The van der Waals surface area contributed by atoms with E-state index in [9.17, 15) is 0 Å². The Morgan fingerprint density at radius 2 is 0.735 bits per heavy atom. The van der Waals surface area contributed by atoms with E-state index in [4.69, 9.17) is 4.52 Å². The summed E-state index contributed by atoms with van der Waals surface area (Å²) in [4.78, 5) is 0. The van der Waals surface area contributed by atoms with Gasteiger partial charge in [-0.3, -0.25) is 0 Å². The first-order valence-electron chi connectivity index (χ1n) is 11.5. The molecule has 0 amide bonds. The van der Waals surface area contributed by atoms with Gasteiger partial charge in [0.25, 0.3) is 7.49 Å². The second kappa shape index (κ2) is 8.78. The Balaban J connectivity index is 1.73. The fourth-order valence-corrected chi connectivity index (χ4v) is 8.18. The Bertz CT molecular complexity index is 1410. The first kappa shape index (κ1) is 20.7. The van der Waals surface area contributed by atoms with Crippen LogP contribution in [0.5, 0.6) is 5.75 Å². The Kier molecular flexibility index (Phi) is 5.34. The summed E-state index contributed by atoms with van der Waals surface area (Å²) in [6.07, 6.45) is 0. The van der Waals surface area contributed by atoms with Crippen molar-refractivity contribution in [3.8, 4) is 5.75 Å². The molecule has 162 valence electrons. The first-order chi connectivity index (χ1) is 16.9. The molecule has 0 aromatic heterocycles. The van der Waals surface area contributed by atoms with Gasteiger partial charge in [-0.1, -0.05) is 103 Å². The summed E-state index contributed by atoms with van der Waals surface area (Å²) in [6, 6.07) is 51.5. The van der Waals surface area contributed by atoms with Crippen LogP contribution in [0.15, 0.2) is 146 Å². The molecule has 0 atom stereocenters. The van der Waals surface area contributed by atoms with Crippen molar-refractivity contribution in [3.63, 3.8) is 0 Å². The van der Waals surface area contributed by atoms with Crippen LogP contribution in [0.1, 0.15) is 0 Å². The van der Waals surface area contributed by atoms with Crippen LogP contribution in [0.2, 0.25) is 0 Å². The van der Waals surface area contributed by atoms with E-state index in [0.717, 1.165) is 16.5 Å². The Hall–Kier alpha value is -3.93. The zero-order valence-electron chi connectivity index (χ0n) is 18.7. The van der Waals surface area contributed by atoms with Crippen LogP contribution in [0.4, 0.5) is 0 Å². The molecule has 0 radical (unpaired) electrons. The molecule has 34 heavy (non-hydrogen) atoms. The zero-order chi connectivity index (χ0) is 22.8. The van der Waals surface area contributed by atoms with Gasteiger partial charge in [0.05, 0.1) is 0 Å². The fourth-order valence-electron chi connectivity index (χ4n) is 4.73. The van der Waals surface area contributed by atoms with Crippen LogP contribution < -0.4 is 20.4 Å². The number of fused-ring (bicyclic) bond motifs is 2. The van der Waals surface area contributed by atoms with E-state index < -0.39 is 7.49 Å². The minimum Gasteiger partial charge on any atom is -0.333 e. The van der Waals surface area contributed by atoms with Gasteiger partial charge in [0, 0.05) is 10.8 Å². The summed E-state index contributed by atoms with van der Waals surface area (Å²) in [5.74, 6) is 0.943. The molecule has 6 aromatic carbocycles. The van der Waals surface area contributed by atoms with E-state index in [1.54, 1.807) is 0 Å². The molecule has 0 spiro atoms. The smallest absolute Gasteiger partial charge is 0.287 e. The van der Waals surface area contributed by atoms with Crippen molar-refractivity contribution in [1.82, 2.24) is 0 Å². The van der Waals surface area contributed by atoms with Crippen LogP contribution >= 0.6 is 7.49 Å². The minimum absolute atomic E-state index is 0.943. The summed E-state index contributed by atoms with van der Waals surface area (Å²) >= 11 is 0. The molecule has 0 unspecified atom stereocenters. The average Bonchev–Trinajstić information content (AvgIpc) is 2.93. The third-order valence-electron chi connectivity index (χ3n) is 6.31. The third-order valence-corrected chi connectivity index (χ3v) is 9.84. The highest BCUT2D eigenvalue weighted by Crippen LogP contribution is 2.58. The number of hydrogen-bond donors (Lipinski definition) is 0. The van der Waals surface area contributed by atoms with Crippen molar-refractivity contribution in [2.75, 3.05) is 0 Å². The Labute approximate surface area is 200 Å². The largest absolute Gasteiger partial charge is 0.333 e. The lowest BCUT2D eigenvalue weighted by molar-refractivity contribution is 0.635. The molecule has 0 heterocycles. The van der Waals surface area contributed by atoms with Gasteiger partial charge in [-0.2, -0.15) is 0 Å². The predicted octanol–water partition coefficient (Wildman–Crippen LogP) is 7.28. The van der Waals surface area contributed by atoms with Gasteiger partial charge in [-0.05, 0) is 53.2 Å². The van der Waals surface area contributed by atoms with Crippen molar-refractivity contribution >= 4 is 44.9 Å². The minimum atomic E-state index is -2.48. The second-order valence-corrected chi connectivity index (χ2v) is 11.3. The number of rotatable bonds is 5. The van der Waals surface area contributed by atoms with Crippen LogP contribution in [-0.2, 0) is 0 Å². The van der Waals surface area contributed by atoms with Gasteiger partial charge in [0.15, 0.2) is 5.75 Å². The highest BCUT2D eigenvalue weighted by molar-refractivity contribution is 7.92. The molecular formula is C32H24OP+. The fraction of sp³-hybridized carbons (Fsp3) is 0. The van der Waals surface area contributed by atoms with Gasteiger partial charge >= 0.3 is 0 Å². The molecule has 0 saturated carbocycles. The van der Waals surface area contributed by atoms with Gasteiger partial charge in [-0.25, -0.2) is 0 Å². The van der Waals surface area contributed by atoms with Gasteiger partial charge in [-0.15, -0.1) is 0 Å². The summed E-state index contributed by atoms with van der Waals surface area (Å²) in [7, 11) is -2.48. The molecule has 0 aliphatic rings. The lowest BCUT2D eigenvalue weighted by Gasteiger charge is -2.27. The van der Waals surface area contributed by atoms with E-state index in [2.05, 4.69) is 146 Å². The van der Waals surface area contributed by atoms with Crippen LogP contribution in [0, 0.1) is 0 Å². The van der Waals surface area contributed by atoms with E-state index >= 15 is 0 Å². The molecule has 6 aromatic rings. The van der Waals surface area contributed by atoms with Crippen molar-refractivity contribution in [2.24, 2.45) is 0 Å². The summed E-state index contributed by atoms with van der Waals surface area (Å²) in [6.45, 7) is 0. The molecule has 2 heteroatoms.